The van der Waals surface area contributed by atoms with Crippen molar-refractivity contribution in [3.8, 4) is 5.75 Å². The van der Waals surface area contributed by atoms with Crippen LogP contribution in [0.25, 0.3) is 0 Å². The molecule has 5 nitrogen and oxygen atoms in total. The minimum atomic E-state index is -0.471. The molecule has 0 saturated carbocycles. The maximum absolute atomic E-state index is 13.7. The van der Waals surface area contributed by atoms with Gasteiger partial charge in [-0.05, 0) is 55.7 Å². The molecule has 0 bridgehead atoms. The number of benzene rings is 2. The summed E-state index contributed by atoms with van der Waals surface area (Å²) < 4.78 is 19.6. The fraction of sp³-hybridized carbons (Fsp3) is 0.381. The average molecular weight is 370 g/mol. The van der Waals surface area contributed by atoms with E-state index < -0.39 is 11.7 Å². The third-order valence-electron chi connectivity index (χ3n) is 5.15. The normalized spacial score (nSPS) is 22.4. The minimum absolute atomic E-state index is 0.359. The highest BCUT2D eigenvalue weighted by atomic mass is 19.1. The summed E-state index contributed by atoms with van der Waals surface area (Å²) in [5.41, 5.74) is 2.89. The Morgan fingerprint density at radius 2 is 2.07 bits per heavy atom. The van der Waals surface area contributed by atoms with Gasteiger partial charge < -0.3 is 20.5 Å². The van der Waals surface area contributed by atoms with Gasteiger partial charge in [0.15, 0.2) is 0 Å². The first-order valence-electron chi connectivity index (χ1n) is 9.15. The Morgan fingerprint density at radius 1 is 1.26 bits per heavy atom. The molecule has 2 aliphatic rings. The zero-order valence-electron chi connectivity index (χ0n) is 15.4. The first-order chi connectivity index (χ1) is 12.8. The number of aliphatic hydroxyl groups excluding tert-OH is 1. The quantitative estimate of drug-likeness (QED) is 0.755. The van der Waals surface area contributed by atoms with Gasteiger partial charge in [-0.25, -0.2) is 9.18 Å². The number of amides is 2. The lowest BCUT2D eigenvalue weighted by atomic mass is 9.89. The van der Waals surface area contributed by atoms with Crippen molar-refractivity contribution in [1.29, 1.82) is 0 Å². The van der Waals surface area contributed by atoms with Crippen molar-refractivity contribution in [1.82, 2.24) is 5.32 Å². The molecule has 6 heteroatoms. The molecule has 1 aliphatic heterocycles. The molecular weight excluding hydrogens is 347 g/mol. The summed E-state index contributed by atoms with van der Waals surface area (Å²) >= 11 is 0. The molecule has 2 aromatic carbocycles. The van der Waals surface area contributed by atoms with Crippen LogP contribution in [0, 0.1) is 5.82 Å². The molecule has 0 unspecified atom stereocenters. The molecule has 0 aromatic heterocycles. The van der Waals surface area contributed by atoms with E-state index in [9.17, 15) is 14.3 Å². The van der Waals surface area contributed by atoms with Crippen LogP contribution in [0.5, 0.6) is 5.75 Å². The van der Waals surface area contributed by atoms with Gasteiger partial charge in [-0.1, -0.05) is 12.1 Å². The van der Waals surface area contributed by atoms with Crippen LogP contribution in [-0.4, -0.2) is 22.8 Å². The number of aliphatic hydroxyl groups is 1. The third kappa shape index (κ3) is 3.62. The SMILES string of the molecule is CC1(C)C[C@H](NC(=O)Nc2cccc3c2C[C@H](O)C3)c2cc(F)ccc2O1. The number of fused-ring (bicyclic) bond motifs is 2. The van der Waals surface area contributed by atoms with Crippen LogP contribution in [0.3, 0.4) is 0 Å². The van der Waals surface area contributed by atoms with Gasteiger partial charge >= 0.3 is 6.03 Å². The lowest BCUT2D eigenvalue weighted by Crippen LogP contribution is -2.42. The molecule has 27 heavy (non-hydrogen) atoms. The Morgan fingerprint density at radius 3 is 2.89 bits per heavy atom. The molecule has 3 N–H and O–H groups in total. The van der Waals surface area contributed by atoms with E-state index in [1.165, 1.54) is 12.1 Å². The molecule has 0 fully saturated rings. The zero-order chi connectivity index (χ0) is 19.2. The van der Waals surface area contributed by atoms with Crippen LogP contribution < -0.4 is 15.4 Å². The number of urea groups is 1. The highest BCUT2D eigenvalue weighted by Gasteiger charge is 2.35. The van der Waals surface area contributed by atoms with Gasteiger partial charge in [-0.3, -0.25) is 0 Å². The number of rotatable bonds is 2. The Balaban J connectivity index is 1.54. The van der Waals surface area contributed by atoms with E-state index in [-0.39, 0.29) is 17.9 Å². The monoisotopic (exact) mass is 370 g/mol. The summed E-state index contributed by atoms with van der Waals surface area (Å²) in [5.74, 6) is 0.223. The molecule has 0 spiro atoms. The lowest BCUT2D eigenvalue weighted by molar-refractivity contribution is 0.0680. The van der Waals surface area contributed by atoms with Crippen molar-refractivity contribution in [2.24, 2.45) is 0 Å². The summed E-state index contributed by atoms with van der Waals surface area (Å²) in [4.78, 5) is 12.6. The van der Waals surface area contributed by atoms with E-state index in [2.05, 4.69) is 10.6 Å². The van der Waals surface area contributed by atoms with Crippen LogP contribution in [0.15, 0.2) is 36.4 Å². The first kappa shape index (κ1) is 17.8. The van der Waals surface area contributed by atoms with Gasteiger partial charge in [-0.15, -0.1) is 0 Å². The number of anilines is 1. The largest absolute Gasteiger partial charge is 0.487 e. The number of ether oxygens (including phenoxy) is 1. The first-order valence-corrected chi connectivity index (χ1v) is 9.15. The maximum Gasteiger partial charge on any atom is 0.319 e. The van der Waals surface area contributed by atoms with E-state index in [0.29, 0.717) is 36.3 Å². The maximum atomic E-state index is 13.7. The fourth-order valence-electron chi connectivity index (χ4n) is 4.02. The molecule has 2 amide bonds. The summed E-state index contributed by atoms with van der Waals surface area (Å²) in [6.07, 6.45) is 1.26. The molecular formula is C21H23FN2O3. The van der Waals surface area contributed by atoms with Gasteiger partial charge in [0.25, 0.3) is 0 Å². The topological polar surface area (TPSA) is 70.6 Å². The second-order valence-corrected chi connectivity index (χ2v) is 7.90. The van der Waals surface area contributed by atoms with E-state index in [0.717, 1.165) is 11.1 Å². The van der Waals surface area contributed by atoms with Crippen molar-refractivity contribution < 1.29 is 19.0 Å². The van der Waals surface area contributed by atoms with E-state index in [1.54, 1.807) is 6.07 Å². The minimum Gasteiger partial charge on any atom is -0.487 e. The smallest absolute Gasteiger partial charge is 0.319 e. The summed E-state index contributed by atoms with van der Waals surface area (Å²) in [6.45, 7) is 3.88. The van der Waals surface area contributed by atoms with Crippen molar-refractivity contribution >= 4 is 11.7 Å². The molecule has 2 aromatic rings. The Labute approximate surface area is 157 Å². The number of halogens is 1. The Kier molecular flexibility index (Phi) is 4.30. The predicted molar refractivity (Wildman–Crippen MR) is 100 cm³/mol. The molecule has 0 radical (unpaired) electrons. The zero-order valence-corrected chi connectivity index (χ0v) is 15.4. The molecule has 1 heterocycles. The van der Waals surface area contributed by atoms with Gasteiger partial charge in [0.2, 0.25) is 0 Å². The Bertz CT molecular complexity index is 897. The van der Waals surface area contributed by atoms with Crippen LogP contribution in [-0.2, 0) is 12.8 Å². The van der Waals surface area contributed by atoms with Crippen LogP contribution in [0.2, 0.25) is 0 Å². The van der Waals surface area contributed by atoms with Crippen LogP contribution >= 0.6 is 0 Å². The highest BCUT2D eigenvalue weighted by molar-refractivity contribution is 5.90. The number of carbonyl (C=O) groups excluding carboxylic acids is 1. The summed E-state index contributed by atoms with van der Waals surface area (Å²) in [7, 11) is 0. The fourth-order valence-corrected chi connectivity index (χ4v) is 4.02. The third-order valence-corrected chi connectivity index (χ3v) is 5.15. The molecule has 1 aliphatic carbocycles. The second-order valence-electron chi connectivity index (χ2n) is 7.90. The standard InChI is InChI=1S/C21H23FN2O3/c1-21(2)11-18(16-9-13(22)6-7-19(16)27-21)24-20(26)23-17-5-3-4-12-8-14(25)10-15(12)17/h3-7,9,14,18,25H,8,10-11H2,1-2H3,(H2,23,24,26)/t14-,18+/m1/s1. The van der Waals surface area contributed by atoms with Gasteiger partial charge in [0, 0.05) is 24.1 Å². The van der Waals surface area contributed by atoms with Gasteiger partial charge in [0.05, 0.1) is 12.1 Å². The predicted octanol–water partition coefficient (Wildman–Crippen LogP) is 3.71. The van der Waals surface area contributed by atoms with Gasteiger partial charge in [-0.2, -0.15) is 0 Å². The summed E-state index contributed by atoms with van der Waals surface area (Å²) in [5, 5.41) is 15.7. The van der Waals surface area contributed by atoms with E-state index in [4.69, 9.17) is 4.74 Å². The van der Waals surface area contributed by atoms with E-state index >= 15 is 0 Å². The van der Waals surface area contributed by atoms with Crippen molar-refractivity contribution in [3.05, 3.63) is 58.9 Å². The molecule has 0 saturated heterocycles. The van der Waals surface area contributed by atoms with Crippen molar-refractivity contribution in [3.63, 3.8) is 0 Å². The molecule has 4 rings (SSSR count). The number of nitrogens with one attached hydrogen (secondary N) is 2. The number of hydrogen-bond donors (Lipinski definition) is 3. The summed E-state index contributed by atoms with van der Waals surface area (Å²) in [6, 6.07) is 9.32. The average Bonchev–Trinajstić information content (AvgIpc) is 2.96. The van der Waals surface area contributed by atoms with Crippen molar-refractivity contribution in [2.45, 2.75) is 50.9 Å². The van der Waals surface area contributed by atoms with Crippen LogP contribution in [0.4, 0.5) is 14.9 Å². The van der Waals surface area contributed by atoms with Gasteiger partial charge in [0.1, 0.15) is 17.2 Å². The van der Waals surface area contributed by atoms with Crippen LogP contribution in [0.1, 0.15) is 43.0 Å². The highest BCUT2D eigenvalue weighted by Crippen LogP contribution is 2.39. The molecule has 2 atom stereocenters. The van der Waals surface area contributed by atoms with Crippen molar-refractivity contribution in [2.75, 3.05) is 5.32 Å². The van der Waals surface area contributed by atoms with E-state index in [1.807, 2.05) is 32.0 Å². The second kappa shape index (κ2) is 6.53. The Hall–Kier alpha value is -2.60. The molecule has 142 valence electrons. The number of carbonyl (C=O) groups is 1. The lowest BCUT2D eigenvalue weighted by Gasteiger charge is -2.37. The number of hydrogen-bond acceptors (Lipinski definition) is 3.